The summed E-state index contributed by atoms with van der Waals surface area (Å²) in [5.41, 5.74) is 1.37. The smallest absolute Gasteiger partial charge is 0.0846 e. The topological polar surface area (TPSA) is 12.5 Å². The highest BCUT2D eigenvalue weighted by Crippen LogP contribution is 2.54. The minimum absolute atomic E-state index is 0.467. The number of hydrogen-bond donors (Lipinski definition) is 0. The lowest BCUT2D eigenvalue weighted by molar-refractivity contribution is 0.189. The van der Waals surface area contributed by atoms with E-state index in [0.717, 1.165) is 11.5 Å². The van der Waals surface area contributed by atoms with Crippen molar-refractivity contribution >= 4 is 8.07 Å². The molecule has 0 amide bonds. The van der Waals surface area contributed by atoms with Crippen LogP contribution >= 0.6 is 0 Å². The van der Waals surface area contributed by atoms with E-state index >= 15 is 0 Å². The van der Waals surface area contributed by atoms with E-state index in [1.165, 1.54) is 12.8 Å². The molecule has 0 unspecified atom stereocenters. The van der Waals surface area contributed by atoms with Crippen LogP contribution in [-0.4, -0.2) is 20.3 Å². The van der Waals surface area contributed by atoms with Crippen LogP contribution in [0, 0.1) is 11.3 Å². The Hall–Kier alpha value is 0.177. The number of epoxide rings is 1. The summed E-state index contributed by atoms with van der Waals surface area (Å²) in [6.45, 7) is 14.7. The highest BCUT2D eigenvalue weighted by Gasteiger charge is 2.55. The molecule has 0 aromatic heterocycles. The molecule has 4 atom stereocenters. The molecule has 0 aromatic rings. The van der Waals surface area contributed by atoms with Gasteiger partial charge in [-0.05, 0) is 29.7 Å². The van der Waals surface area contributed by atoms with Crippen molar-refractivity contribution in [3.8, 4) is 0 Å². The second kappa shape index (κ2) is 3.33. The van der Waals surface area contributed by atoms with Crippen LogP contribution in [0.4, 0.5) is 0 Å². The van der Waals surface area contributed by atoms with Crippen LogP contribution in [0.2, 0.25) is 25.2 Å². The Bertz CT molecular complexity index is 248. The summed E-state index contributed by atoms with van der Waals surface area (Å²) in [4.78, 5) is 0. The van der Waals surface area contributed by atoms with Crippen LogP contribution < -0.4 is 0 Å². The number of ether oxygens (including phenoxy) is 1. The zero-order chi connectivity index (χ0) is 11.4. The summed E-state index contributed by atoms with van der Waals surface area (Å²) >= 11 is 0. The number of fused-ring (bicyclic) bond motifs is 1. The van der Waals surface area contributed by atoms with Crippen molar-refractivity contribution in [3.63, 3.8) is 0 Å². The number of hydrogen-bond acceptors (Lipinski definition) is 1. The fraction of sp³-hybridized carbons (Fsp3) is 1.00. The van der Waals surface area contributed by atoms with Crippen molar-refractivity contribution in [1.82, 2.24) is 0 Å². The molecule has 2 heteroatoms. The zero-order valence-corrected chi connectivity index (χ0v) is 12.1. The SMILES string of the molecule is CC(C)(C)[C@@H]1C[C@@H]2O[C@H]2[C@@H]([Si](C)(C)C)C1. The third-order valence-corrected chi connectivity index (χ3v) is 7.20. The average Bonchev–Trinajstić information content (AvgIpc) is 2.75. The van der Waals surface area contributed by atoms with E-state index in [2.05, 4.69) is 40.4 Å². The van der Waals surface area contributed by atoms with Gasteiger partial charge in [0, 0.05) is 0 Å². The van der Waals surface area contributed by atoms with Crippen molar-refractivity contribution in [3.05, 3.63) is 0 Å². The molecular weight excluding hydrogens is 200 g/mol. The fourth-order valence-electron chi connectivity index (χ4n) is 3.07. The Balaban J connectivity index is 2.10. The summed E-state index contributed by atoms with van der Waals surface area (Å²) < 4.78 is 5.88. The van der Waals surface area contributed by atoms with Gasteiger partial charge >= 0.3 is 0 Å². The summed E-state index contributed by atoms with van der Waals surface area (Å²) in [6, 6.07) is 0. The fourth-order valence-corrected chi connectivity index (χ4v) is 5.34. The Morgan fingerprint density at radius 3 is 2.13 bits per heavy atom. The van der Waals surface area contributed by atoms with Crippen LogP contribution in [0.15, 0.2) is 0 Å². The first-order valence-corrected chi connectivity index (χ1v) is 9.93. The highest BCUT2D eigenvalue weighted by atomic mass is 28.3. The highest BCUT2D eigenvalue weighted by molar-refractivity contribution is 6.77. The Morgan fingerprint density at radius 1 is 1.07 bits per heavy atom. The maximum Gasteiger partial charge on any atom is 0.0846 e. The molecular formula is C13H26OSi. The Morgan fingerprint density at radius 2 is 1.67 bits per heavy atom. The minimum atomic E-state index is -1.02. The monoisotopic (exact) mass is 226 g/mol. The largest absolute Gasteiger partial charge is 0.370 e. The molecule has 1 saturated heterocycles. The average molecular weight is 226 g/mol. The summed E-state index contributed by atoms with van der Waals surface area (Å²) in [5.74, 6) is 0.873. The lowest BCUT2D eigenvalue weighted by Gasteiger charge is -2.39. The molecule has 2 rings (SSSR count). The third-order valence-electron chi connectivity index (χ3n) is 4.41. The normalized spacial score (nSPS) is 41.2. The third kappa shape index (κ3) is 2.31. The lowest BCUT2D eigenvalue weighted by Crippen LogP contribution is -2.39. The van der Waals surface area contributed by atoms with Gasteiger partial charge < -0.3 is 4.74 Å². The molecule has 0 spiro atoms. The summed E-state index contributed by atoms with van der Waals surface area (Å²) in [6.07, 6.45) is 4.00. The predicted molar refractivity (Wildman–Crippen MR) is 67.9 cm³/mol. The van der Waals surface area contributed by atoms with Crippen molar-refractivity contribution in [2.45, 2.75) is 71.0 Å². The van der Waals surface area contributed by atoms with Gasteiger partial charge in [-0.2, -0.15) is 0 Å². The minimum Gasteiger partial charge on any atom is -0.370 e. The molecule has 2 aliphatic rings. The Labute approximate surface area is 95.6 Å². The van der Waals surface area contributed by atoms with Crippen LogP contribution in [0.5, 0.6) is 0 Å². The molecule has 0 N–H and O–H groups in total. The standard InChI is InChI=1S/C13H26OSi/c1-13(2,3)9-7-10-12(14-10)11(8-9)15(4,5)6/h9-12H,7-8H2,1-6H3/t9-,10+,11+,12-/m1/s1. The molecule has 1 aliphatic heterocycles. The van der Waals surface area contributed by atoms with E-state index < -0.39 is 8.07 Å². The zero-order valence-electron chi connectivity index (χ0n) is 11.1. The summed E-state index contributed by atoms with van der Waals surface area (Å²) in [5, 5.41) is 0. The van der Waals surface area contributed by atoms with E-state index in [1.807, 2.05) is 0 Å². The first-order valence-electron chi connectivity index (χ1n) is 6.35. The van der Waals surface area contributed by atoms with Crippen molar-refractivity contribution in [1.29, 1.82) is 0 Å². The molecule has 1 heterocycles. The van der Waals surface area contributed by atoms with Gasteiger partial charge in [0.15, 0.2) is 0 Å². The van der Waals surface area contributed by atoms with Gasteiger partial charge in [0.1, 0.15) is 0 Å². The van der Waals surface area contributed by atoms with Crippen molar-refractivity contribution < 1.29 is 4.74 Å². The van der Waals surface area contributed by atoms with Gasteiger partial charge in [0.05, 0.1) is 20.3 Å². The maximum absolute atomic E-state index is 5.88. The van der Waals surface area contributed by atoms with E-state index in [4.69, 9.17) is 4.74 Å². The van der Waals surface area contributed by atoms with Crippen molar-refractivity contribution in [2.75, 3.05) is 0 Å². The van der Waals surface area contributed by atoms with Gasteiger partial charge in [-0.3, -0.25) is 0 Å². The molecule has 0 radical (unpaired) electrons. The molecule has 1 nitrogen and oxygen atoms in total. The summed E-state index contributed by atoms with van der Waals surface area (Å²) in [7, 11) is -1.02. The van der Waals surface area contributed by atoms with Gasteiger partial charge in [-0.1, -0.05) is 40.4 Å². The molecule has 0 bridgehead atoms. The first kappa shape index (κ1) is 11.7. The van der Waals surface area contributed by atoms with E-state index in [9.17, 15) is 0 Å². The molecule has 15 heavy (non-hydrogen) atoms. The van der Waals surface area contributed by atoms with Gasteiger partial charge in [0.2, 0.25) is 0 Å². The molecule has 0 aromatic carbocycles. The second-order valence-electron chi connectivity index (χ2n) is 7.65. The van der Waals surface area contributed by atoms with Crippen LogP contribution in [-0.2, 0) is 4.74 Å². The quantitative estimate of drug-likeness (QED) is 0.488. The van der Waals surface area contributed by atoms with E-state index in [0.29, 0.717) is 17.6 Å². The van der Waals surface area contributed by atoms with Crippen LogP contribution in [0.3, 0.4) is 0 Å². The van der Waals surface area contributed by atoms with Gasteiger partial charge in [0.25, 0.3) is 0 Å². The second-order valence-corrected chi connectivity index (χ2v) is 13.1. The first-order chi connectivity index (χ1) is 6.69. The lowest BCUT2D eigenvalue weighted by atomic mass is 9.72. The molecule has 1 saturated carbocycles. The van der Waals surface area contributed by atoms with Crippen LogP contribution in [0.1, 0.15) is 33.6 Å². The predicted octanol–water partition coefficient (Wildman–Crippen LogP) is 3.92. The van der Waals surface area contributed by atoms with E-state index in [-0.39, 0.29) is 0 Å². The maximum atomic E-state index is 5.88. The number of rotatable bonds is 1. The molecule has 88 valence electrons. The van der Waals surface area contributed by atoms with Gasteiger partial charge in [-0.15, -0.1) is 0 Å². The van der Waals surface area contributed by atoms with Gasteiger partial charge in [-0.25, -0.2) is 0 Å². The Kier molecular flexibility index (Phi) is 2.59. The van der Waals surface area contributed by atoms with E-state index in [1.54, 1.807) is 0 Å². The molecule has 2 fully saturated rings. The van der Waals surface area contributed by atoms with Crippen LogP contribution in [0.25, 0.3) is 0 Å². The van der Waals surface area contributed by atoms with Crippen molar-refractivity contribution in [2.24, 2.45) is 11.3 Å². The molecule has 1 aliphatic carbocycles.